The van der Waals surface area contributed by atoms with Gasteiger partial charge in [0.2, 0.25) is 0 Å². The number of ether oxygens (including phenoxy) is 2. The van der Waals surface area contributed by atoms with Crippen molar-refractivity contribution in [1.29, 1.82) is 5.26 Å². The van der Waals surface area contributed by atoms with E-state index < -0.39 is 91.4 Å². The maximum absolute atomic E-state index is 17.6. The number of pyridine rings is 1. The predicted molar refractivity (Wildman–Crippen MR) is 206 cm³/mol. The summed E-state index contributed by atoms with van der Waals surface area (Å²) in [5.74, 6) is -3.60. The van der Waals surface area contributed by atoms with Crippen LogP contribution >= 0.6 is 11.3 Å². The molecule has 20 heteroatoms. The zero-order chi connectivity index (χ0) is 41.3. The second kappa shape index (κ2) is 14.6. The number of nitriles is 1. The second-order valence-electron chi connectivity index (χ2n) is 14.9. The number of halogens is 6. The quantitative estimate of drug-likeness (QED) is 0.139. The summed E-state index contributed by atoms with van der Waals surface area (Å²) in [7, 11) is -3.45. The summed E-state index contributed by atoms with van der Waals surface area (Å²) in [4.78, 5) is 16.7. The van der Waals surface area contributed by atoms with E-state index in [4.69, 9.17) is 20.9 Å². The summed E-state index contributed by atoms with van der Waals surface area (Å²) < 4.78 is 131. The summed E-state index contributed by atoms with van der Waals surface area (Å²) in [6, 6.07) is 5.56. The summed E-state index contributed by atoms with van der Waals surface area (Å²) in [6.07, 6.45) is -2.19. The van der Waals surface area contributed by atoms with Crippen molar-refractivity contribution in [3.63, 3.8) is 0 Å². The Morgan fingerprint density at radius 3 is 2.69 bits per heavy atom. The van der Waals surface area contributed by atoms with Gasteiger partial charge in [-0.2, -0.15) is 28.4 Å². The number of alkyl halides is 4. The van der Waals surface area contributed by atoms with Crippen LogP contribution in [0.5, 0.6) is 11.8 Å². The summed E-state index contributed by atoms with van der Waals surface area (Å²) in [5, 5.41) is 9.02. The van der Waals surface area contributed by atoms with Crippen LogP contribution < -0.4 is 25.8 Å². The number of thiophene rings is 1. The molecule has 3 atom stereocenters. The van der Waals surface area contributed by atoms with Crippen molar-refractivity contribution in [2.45, 2.75) is 56.0 Å². The molecule has 6 heterocycles. The van der Waals surface area contributed by atoms with Gasteiger partial charge < -0.3 is 25.8 Å². The average Bonchev–Trinajstić information content (AvgIpc) is 3.76. The number of aromatic nitrogens is 3. The molecule has 5 aromatic rings. The largest absolute Gasteiger partial charge is 0.490 e. The third-order valence-corrected chi connectivity index (χ3v) is 13.2. The zero-order valence-electron chi connectivity index (χ0n) is 30.9. The maximum Gasteiger partial charge on any atom is 0.420 e. The lowest BCUT2D eigenvalue weighted by Crippen LogP contribution is -2.43. The molecule has 0 unspecified atom stereocenters. The molecule has 0 radical (unpaired) electrons. The molecule has 8 rings (SSSR count). The van der Waals surface area contributed by atoms with Crippen LogP contribution in [-0.2, 0) is 16.0 Å². The van der Waals surface area contributed by atoms with Gasteiger partial charge in [0.25, 0.3) is 0 Å². The molecule has 3 aliphatic rings. The molecule has 306 valence electrons. The molecule has 0 aliphatic carbocycles. The lowest BCUT2D eigenvalue weighted by molar-refractivity contribution is -0.138. The van der Waals surface area contributed by atoms with E-state index in [9.17, 15) is 18.1 Å². The molecule has 2 fully saturated rings. The van der Waals surface area contributed by atoms with Crippen molar-refractivity contribution < 1.29 is 44.2 Å². The highest BCUT2D eigenvalue weighted by Gasteiger charge is 2.50. The Bertz CT molecular complexity index is 2620. The van der Waals surface area contributed by atoms with E-state index in [0.29, 0.717) is 29.9 Å². The Hall–Kier alpha value is -5.13. The fourth-order valence-electron chi connectivity index (χ4n) is 8.75. The van der Waals surface area contributed by atoms with E-state index >= 15 is 22.0 Å². The summed E-state index contributed by atoms with van der Waals surface area (Å²) in [6.45, 7) is 0.149. The summed E-state index contributed by atoms with van der Waals surface area (Å²) in [5.41, 5.74) is 7.98. The maximum atomic E-state index is 17.6. The Labute approximate surface area is 332 Å². The van der Waals surface area contributed by atoms with Gasteiger partial charge in [0.1, 0.15) is 74.6 Å². The molecule has 3 aliphatic heterocycles. The van der Waals surface area contributed by atoms with Crippen molar-refractivity contribution in [2.24, 2.45) is 0 Å². The van der Waals surface area contributed by atoms with Gasteiger partial charge in [-0.1, -0.05) is 12.1 Å². The van der Waals surface area contributed by atoms with Crippen LogP contribution in [0.1, 0.15) is 54.8 Å². The molecule has 3 aromatic heterocycles. The minimum Gasteiger partial charge on any atom is -0.490 e. The number of nitrogen functional groups attached to an aromatic ring is 2. The van der Waals surface area contributed by atoms with Gasteiger partial charge in [-0.15, -0.1) is 11.3 Å². The molecular weight excluding hydrogens is 811 g/mol. The second-order valence-corrected chi connectivity index (χ2v) is 18.2. The zero-order valence-corrected chi connectivity index (χ0v) is 32.5. The third-order valence-electron chi connectivity index (χ3n) is 11.2. The van der Waals surface area contributed by atoms with Gasteiger partial charge in [0, 0.05) is 47.7 Å². The van der Waals surface area contributed by atoms with E-state index in [-0.39, 0.29) is 77.0 Å². The normalized spacial score (nSPS) is 20.2. The monoisotopic (exact) mass is 846 g/mol. The van der Waals surface area contributed by atoms with E-state index in [1.165, 1.54) is 6.20 Å². The number of sulfone groups is 1. The number of hydrogen-bond acceptors (Lipinski definition) is 13. The standard InChI is InChI=1S/C38H36F6N8O4S2/c1-58(53,54)14-3-6-24(20-5-2-10-48-33(20)46)52-12-13-55-31-27-30(49-36(50-35(27)52)56-18-37-9-4-11-51(37)17-19(39)15-37)29(41)26(28(31)38(42,43)44)21-7-8-23(40)32-25(21)22(16-45)34(47)57-32/h2,5,7-8,10,19,24H,3-4,6,9,11-15,17-18,47H2,1H3,(H2,46,48)/t19-,24-,37+/m1/s1. The van der Waals surface area contributed by atoms with Crippen molar-refractivity contribution in [3.05, 3.63) is 58.8 Å². The molecule has 0 saturated carbocycles. The van der Waals surface area contributed by atoms with Crippen LogP contribution in [0.25, 0.3) is 32.1 Å². The lowest BCUT2D eigenvalue weighted by atomic mass is 9.91. The topological polar surface area (TPSA) is 174 Å². The van der Waals surface area contributed by atoms with Gasteiger partial charge in [-0.3, -0.25) is 4.90 Å². The Kier molecular flexibility index (Phi) is 9.99. The fourth-order valence-corrected chi connectivity index (χ4v) is 10.4. The van der Waals surface area contributed by atoms with Gasteiger partial charge in [-0.05, 0) is 49.9 Å². The van der Waals surface area contributed by atoms with Crippen molar-refractivity contribution in [3.8, 4) is 29.0 Å². The molecule has 2 aromatic carbocycles. The third kappa shape index (κ3) is 6.85. The minimum atomic E-state index is -5.31. The van der Waals surface area contributed by atoms with Crippen molar-refractivity contribution in [2.75, 3.05) is 61.2 Å². The molecular formula is C38H36F6N8O4S2. The van der Waals surface area contributed by atoms with Gasteiger partial charge in [0.15, 0.2) is 5.82 Å². The molecule has 12 nitrogen and oxygen atoms in total. The first-order valence-corrected chi connectivity index (χ1v) is 21.2. The number of benzene rings is 2. The minimum absolute atomic E-state index is 0.0580. The average molecular weight is 847 g/mol. The number of rotatable bonds is 10. The van der Waals surface area contributed by atoms with Crippen LogP contribution in [0.3, 0.4) is 0 Å². The number of fused-ring (bicyclic) bond motifs is 2. The van der Waals surface area contributed by atoms with Crippen molar-refractivity contribution >= 4 is 58.8 Å². The van der Waals surface area contributed by atoms with E-state index in [1.54, 1.807) is 17.0 Å². The van der Waals surface area contributed by atoms with Gasteiger partial charge in [0.05, 0.1) is 33.8 Å². The molecule has 0 amide bonds. The molecule has 0 bridgehead atoms. The van der Waals surface area contributed by atoms with Gasteiger partial charge in [-0.25, -0.2) is 26.6 Å². The number of nitrogens with zero attached hydrogens (tertiary/aromatic N) is 6. The van der Waals surface area contributed by atoms with E-state index in [2.05, 4.69) is 15.0 Å². The lowest BCUT2D eigenvalue weighted by Gasteiger charge is -2.33. The smallest absolute Gasteiger partial charge is 0.420 e. The molecule has 4 N–H and O–H groups in total. The molecule has 58 heavy (non-hydrogen) atoms. The number of hydrogen-bond donors (Lipinski definition) is 2. The van der Waals surface area contributed by atoms with Gasteiger partial charge >= 0.3 is 12.2 Å². The SMILES string of the molecule is CS(=O)(=O)CCC[C@H](c1cccnc1N)N1CCOc2c(C(F)(F)F)c(-c3ccc(F)c4sc(N)c(C#N)c34)c(F)c3nc(OC[C@@]45CCCN4C[C@H](F)C5)nc1c23. The fraction of sp³-hybridized carbons (Fsp3) is 0.421. The van der Waals surface area contributed by atoms with Crippen LogP contribution in [0.4, 0.5) is 43.0 Å². The first-order valence-electron chi connectivity index (χ1n) is 18.4. The van der Waals surface area contributed by atoms with E-state index in [1.807, 2.05) is 11.0 Å². The highest BCUT2D eigenvalue weighted by atomic mass is 32.2. The summed E-state index contributed by atoms with van der Waals surface area (Å²) >= 11 is 0.636. The first kappa shape index (κ1) is 39.7. The molecule has 2 saturated heterocycles. The van der Waals surface area contributed by atoms with Crippen LogP contribution in [-0.4, -0.2) is 84.8 Å². The highest BCUT2D eigenvalue weighted by molar-refractivity contribution is 7.90. The first-order chi connectivity index (χ1) is 27.5. The number of anilines is 3. The van der Waals surface area contributed by atoms with E-state index in [0.717, 1.165) is 24.8 Å². The van der Waals surface area contributed by atoms with Crippen LogP contribution in [0.15, 0.2) is 30.5 Å². The van der Waals surface area contributed by atoms with Crippen LogP contribution in [0, 0.1) is 23.0 Å². The molecule has 0 spiro atoms. The number of nitrogens with two attached hydrogens (primary N) is 2. The van der Waals surface area contributed by atoms with Crippen molar-refractivity contribution in [1.82, 2.24) is 19.9 Å². The Morgan fingerprint density at radius 2 is 1.97 bits per heavy atom. The highest BCUT2D eigenvalue weighted by Crippen LogP contribution is 2.54. The van der Waals surface area contributed by atoms with Crippen LogP contribution in [0.2, 0.25) is 0 Å². The Morgan fingerprint density at radius 1 is 1.17 bits per heavy atom. The predicted octanol–water partition coefficient (Wildman–Crippen LogP) is 6.96. The Balaban J connectivity index is 1.41.